The topological polar surface area (TPSA) is 134 Å². The Kier molecular flexibility index (Phi) is 6.68. The molecule has 1 amide bonds. The number of nitrogens with zero attached hydrogens (tertiary/aromatic N) is 3. The molecule has 10 heteroatoms. The number of piperidine rings is 1. The van der Waals surface area contributed by atoms with Crippen LogP contribution in [0.4, 0.5) is 0 Å². The van der Waals surface area contributed by atoms with E-state index in [0.717, 1.165) is 48.0 Å². The van der Waals surface area contributed by atoms with Gasteiger partial charge in [-0.25, -0.2) is 9.78 Å². The summed E-state index contributed by atoms with van der Waals surface area (Å²) >= 11 is 0. The smallest absolute Gasteiger partial charge is 0.371 e. The molecule has 0 spiro atoms. The van der Waals surface area contributed by atoms with Gasteiger partial charge >= 0.3 is 5.97 Å². The average Bonchev–Trinajstić information content (AvgIpc) is 3.55. The molecule has 0 unspecified atom stereocenters. The monoisotopic (exact) mass is 489 g/mol. The Balaban J connectivity index is 1.17. The lowest BCUT2D eigenvalue weighted by Gasteiger charge is -2.31. The molecule has 4 aromatic rings. The minimum absolute atomic E-state index is 0.0405. The molecular formula is C26H27N5O5. The molecule has 1 aromatic carbocycles. The van der Waals surface area contributed by atoms with E-state index in [1.54, 1.807) is 25.4 Å². The maximum absolute atomic E-state index is 13.0. The summed E-state index contributed by atoms with van der Waals surface area (Å²) < 4.78 is 10.5. The molecule has 10 nitrogen and oxygen atoms in total. The van der Waals surface area contributed by atoms with Gasteiger partial charge in [0, 0.05) is 29.8 Å². The van der Waals surface area contributed by atoms with E-state index < -0.39 is 5.97 Å². The first-order chi connectivity index (χ1) is 17.5. The van der Waals surface area contributed by atoms with E-state index in [-0.39, 0.29) is 11.7 Å². The Bertz CT molecular complexity index is 1370. The van der Waals surface area contributed by atoms with Gasteiger partial charge in [0.05, 0.1) is 19.2 Å². The van der Waals surface area contributed by atoms with Gasteiger partial charge in [-0.3, -0.25) is 14.8 Å². The number of methoxy groups -OCH3 is 1. The predicted molar refractivity (Wildman–Crippen MR) is 132 cm³/mol. The Morgan fingerprint density at radius 1 is 1.17 bits per heavy atom. The number of likely N-dealkylation sites (tertiary alicyclic amines) is 1. The van der Waals surface area contributed by atoms with Crippen LogP contribution in [0.1, 0.15) is 39.6 Å². The molecule has 3 N–H and O–H groups in total. The number of nitrogens with one attached hydrogen (secondary N) is 2. The summed E-state index contributed by atoms with van der Waals surface area (Å²) in [4.78, 5) is 30.4. The fraction of sp³-hybridized carbons (Fsp3) is 0.308. The maximum atomic E-state index is 13.0. The average molecular weight is 490 g/mol. The van der Waals surface area contributed by atoms with Crippen molar-refractivity contribution in [2.24, 2.45) is 5.92 Å². The second kappa shape index (κ2) is 10.2. The first-order valence-electron chi connectivity index (χ1n) is 11.8. The normalized spacial score (nSPS) is 14.7. The lowest BCUT2D eigenvalue weighted by Crippen LogP contribution is -2.38. The number of hydrogen-bond donors (Lipinski definition) is 3. The standard InChI is InChI=1S/C26H27N5O5/c1-35-23-7-3-18(14-27-23)17-2-5-21-20(12-17)24(30-29-21)25(32)28-13-16-8-10-31(11-9-16)15-19-4-6-22(36-19)26(33)34/h2-7,12,14,16H,8-11,13,15H2,1H3,(H,28,32)(H,29,30)(H,33,34). The number of furan rings is 1. The van der Waals surface area contributed by atoms with Crippen LogP contribution in [-0.2, 0) is 6.54 Å². The van der Waals surface area contributed by atoms with Crippen LogP contribution in [0.15, 0.2) is 53.1 Å². The van der Waals surface area contributed by atoms with Crippen molar-refractivity contribution < 1.29 is 23.8 Å². The van der Waals surface area contributed by atoms with Gasteiger partial charge in [-0.1, -0.05) is 6.07 Å². The molecule has 0 saturated carbocycles. The summed E-state index contributed by atoms with van der Waals surface area (Å²) in [6.45, 7) is 2.87. The van der Waals surface area contributed by atoms with Crippen molar-refractivity contribution in [1.29, 1.82) is 0 Å². The van der Waals surface area contributed by atoms with Gasteiger partial charge in [0.15, 0.2) is 5.69 Å². The predicted octanol–water partition coefficient (Wildman–Crippen LogP) is 3.57. The molecule has 0 atom stereocenters. The van der Waals surface area contributed by atoms with Crippen molar-refractivity contribution in [3.8, 4) is 17.0 Å². The van der Waals surface area contributed by atoms with E-state index in [0.29, 0.717) is 36.3 Å². The summed E-state index contributed by atoms with van der Waals surface area (Å²) in [5.74, 6) is 0.250. The Labute approximate surface area is 207 Å². The molecule has 0 bridgehead atoms. The van der Waals surface area contributed by atoms with Gasteiger partial charge < -0.3 is 19.6 Å². The van der Waals surface area contributed by atoms with E-state index in [2.05, 4.69) is 25.4 Å². The first kappa shape index (κ1) is 23.6. The molecule has 0 radical (unpaired) electrons. The van der Waals surface area contributed by atoms with E-state index >= 15 is 0 Å². The number of fused-ring (bicyclic) bond motifs is 1. The Morgan fingerprint density at radius 3 is 2.67 bits per heavy atom. The van der Waals surface area contributed by atoms with Gasteiger partial charge in [0.1, 0.15) is 5.76 Å². The number of carboxylic acids is 1. The number of rotatable bonds is 8. The molecule has 186 valence electrons. The van der Waals surface area contributed by atoms with Crippen LogP contribution >= 0.6 is 0 Å². The van der Waals surface area contributed by atoms with Gasteiger partial charge in [0.25, 0.3) is 5.91 Å². The summed E-state index contributed by atoms with van der Waals surface area (Å²) in [6.07, 6.45) is 3.61. The number of aromatic carboxylic acids is 1. The Morgan fingerprint density at radius 2 is 1.97 bits per heavy atom. The minimum atomic E-state index is -1.06. The highest BCUT2D eigenvalue weighted by atomic mass is 16.5. The van der Waals surface area contributed by atoms with Crippen molar-refractivity contribution >= 4 is 22.8 Å². The van der Waals surface area contributed by atoms with Crippen molar-refractivity contribution in [3.63, 3.8) is 0 Å². The van der Waals surface area contributed by atoms with E-state index in [9.17, 15) is 9.59 Å². The molecule has 1 fully saturated rings. The van der Waals surface area contributed by atoms with Crippen molar-refractivity contribution in [3.05, 3.63) is 65.9 Å². The van der Waals surface area contributed by atoms with Gasteiger partial charge in [-0.15, -0.1) is 0 Å². The third-order valence-electron chi connectivity index (χ3n) is 6.57. The number of ether oxygens (including phenoxy) is 1. The number of aromatic amines is 1. The lowest BCUT2D eigenvalue weighted by molar-refractivity contribution is 0.0656. The molecule has 4 heterocycles. The molecule has 36 heavy (non-hydrogen) atoms. The van der Waals surface area contributed by atoms with Crippen LogP contribution in [-0.4, -0.2) is 63.8 Å². The Hall–Kier alpha value is -4.18. The summed E-state index contributed by atoms with van der Waals surface area (Å²) in [5, 5.41) is 20.0. The second-order valence-corrected chi connectivity index (χ2v) is 8.92. The van der Waals surface area contributed by atoms with Crippen LogP contribution in [0.25, 0.3) is 22.0 Å². The lowest BCUT2D eigenvalue weighted by atomic mass is 9.96. The third-order valence-corrected chi connectivity index (χ3v) is 6.57. The third kappa shape index (κ3) is 5.08. The minimum Gasteiger partial charge on any atom is -0.481 e. The highest BCUT2D eigenvalue weighted by molar-refractivity contribution is 6.05. The number of pyridine rings is 1. The molecule has 1 saturated heterocycles. The van der Waals surface area contributed by atoms with Gasteiger partial charge in [0.2, 0.25) is 11.6 Å². The number of carbonyl (C=O) groups excluding carboxylic acids is 1. The number of carbonyl (C=O) groups is 2. The van der Waals surface area contributed by atoms with Crippen LogP contribution in [0, 0.1) is 5.92 Å². The summed E-state index contributed by atoms with van der Waals surface area (Å²) in [6, 6.07) is 12.7. The molecule has 1 aliphatic heterocycles. The van der Waals surface area contributed by atoms with E-state index in [1.165, 1.54) is 6.07 Å². The van der Waals surface area contributed by atoms with Gasteiger partial charge in [-0.2, -0.15) is 5.10 Å². The highest BCUT2D eigenvalue weighted by Gasteiger charge is 2.22. The van der Waals surface area contributed by atoms with E-state index in [1.807, 2.05) is 24.3 Å². The number of H-pyrrole nitrogens is 1. The quantitative estimate of drug-likeness (QED) is 0.342. The maximum Gasteiger partial charge on any atom is 0.371 e. The second-order valence-electron chi connectivity index (χ2n) is 8.92. The SMILES string of the molecule is COc1ccc(-c2ccc3[nH]nc(C(=O)NCC4CCN(Cc5ccc(C(=O)O)o5)CC4)c3c2)cn1. The molecule has 5 rings (SSSR count). The summed E-state index contributed by atoms with van der Waals surface area (Å²) in [7, 11) is 1.58. The van der Waals surface area contributed by atoms with Gasteiger partial charge in [-0.05, 0) is 67.7 Å². The zero-order valence-corrected chi connectivity index (χ0v) is 19.9. The van der Waals surface area contributed by atoms with Crippen LogP contribution in [0.5, 0.6) is 5.88 Å². The molecule has 1 aliphatic rings. The van der Waals surface area contributed by atoms with Crippen molar-refractivity contribution in [1.82, 2.24) is 25.4 Å². The first-order valence-corrected chi connectivity index (χ1v) is 11.8. The number of aromatic nitrogens is 3. The molecular weight excluding hydrogens is 462 g/mol. The van der Waals surface area contributed by atoms with Crippen LogP contribution in [0.2, 0.25) is 0 Å². The zero-order chi connectivity index (χ0) is 25.1. The summed E-state index contributed by atoms with van der Waals surface area (Å²) in [5.41, 5.74) is 3.03. The fourth-order valence-electron chi connectivity index (χ4n) is 4.51. The van der Waals surface area contributed by atoms with Crippen molar-refractivity contribution in [2.75, 3.05) is 26.7 Å². The highest BCUT2D eigenvalue weighted by Crippen LogP contribution is 2.26. The van der Waals surface area contributed by atoms with Crippen LogP contribution in [0.3, 0.4) is 0 Å². The molecule has 3 aromatic heterocycles. The number of carboxylic acid groups (broad SMARTS) is 1. The number of amides is 1. The number of benzene rings is 1. The molecule has 0 aliphatic carbocycles. The number of hydrogen-bond acceptors (Lipinski definition) is 7. The largest absolute Gasteiger partial charge is 0.481 e. The van der Waals surface area contributed by atoms with E-state index in [4.69, 9.17) is 14.3 Å². The fourth-order valence-corrected chi connectivity index (χ4v) is 4.51. The van der Waals surface area contributed by atoms with Crippen molar-refractivity contribution in [2.45, 2.75) is 19.4 Å². The zero-order valence-electron chi connectivity index (χ0n) is 19.9. The van der Waals surface area contributed by atoms with Crippen LogP contribution < -0.4 is 10.1 Å².